The number of hydrogen-bond acceptors (Lipinski definition) is 8. The van der Waals surface area contributed by atoms with E-state index in [-0.39, 0.29) is 0 Å². The minimum atomic E-state index is -1.96. The molecule has 20 heavy (non-hydrogen) atoms. The molecule has 0 aromatic carbocycles. The summed E-state index contributed by atoms with van der Waals surface area (Å²) in [5.74, 6) is -1.54. The summed E-state index contributed by atoms with van der Waals surface area (Å²) in [5.41, 5.74) is 0. The Morgan fingerprint density at radius 3 is 2.25 bits per heavy atom. The lowest BCUT2D eigenvalue weighted by molar-refractivity contribution is -0.298. The van der Waals surface area contributed by atoms with Crippen LogP contribution >= 0.6 is 0 Å². The number of hydrogen-bond donors (Lipinski definition) is 3. The van der Waals surface area contributed by atoms with E-state index in [2.05, 4.69) is 9.47 Å². The first-order chi connectivity index (χ1) is 9.23. The Hall–Kier alpha value is -1.29. The molecule has 0 saturated carbocycles. The maximum Gasteiger partial charge on any atom is 0.305 e. The number of alkyl halides is 1. The fraction of sp³-hybridized carbons (Fsp3) is 0.818. The van der Waals surface area contributed by atoms with Gasteiger partial charge in [0, 0.05) is 13.8 Å². The van der Waals surface area contributed by atoms with E-state index >= 15 is 0 Å². The first-order valence-corrected chi connectivity index (χ1v) is 5.88. The van der Waals surface area contributed by atoms with Crippen molar-refractivity contribution in [3.63, 3.8) is 0 Å². The first-order valence-electron chi connectivity index (χ1n) is 5.88. The molecule has 8 nitrogen and oxygen atoms in total. The van der Waals surface area contributed by atoms with Crippen LogP contribution in [0.15, 0.2) is 0 Å². The van der Waals surface area contributed by atoms with Crippen molar-refractivity contribution >= 4 is 11.9 Å². The fourth-order valence-corrected chi connectivity index (χ4v) is 1.73. The van der Waals surface area contributed by atoms with Crippen LogP contribution in [0.5, 0.6) is 0 Å². The largest absolute Gasteiger partial charge is 0.463 e. The smallest absolute Gasteiger partial charge is 0.305 e. The zero-order valence-electron chi connectivity index (χ0n) is 10.9. The van der Waals surface area contributed by atoms with E-state index in [0.717, 1.165) is 13.8 Å². The normalized spacial score (nSPS) is 35.2. The number of carbonyl (C=O) groups excluding carboxylic acids is 2. The monoisotopic (exact) mass is 296 g/mol. The van der Waals surface area contributed by atoms with Crippen LogP contribution in [-0.2, 0) is 23.8 Å². The van der Waals surface area contributed by atoms with Crippen LogP contribution < -0.4 is 0 Å². The third kappa shape index (κ3) is 4.10. The maximum absolute atomic E-state index is 13.8. The molecule has 3 N–H and O–H groups in total. The van der Waals surface area contributed by atoms with E-state index in [0.29, 0.717) is 0 Å². The van der Waals surface area contributed by atoms with Crippen LogP contribution in [-0.4, -0.2) is 70.7 Å². The van der Waals surface area contributed by atoms with E-state index < -0.39 is 55.4 Å². The molecule has 1 aliphatic heterocycles. The summed E-state index contributed by atoms with van der Waals surface area (Å²) in [6, 6.07) is 0. The van der Waals surface area contributed by atoms with Crippen LogP contribution in [0, 0.1) is 0 Å². The standard InChI is InChI=1S/C11H17FO8/c1-4(13)18-3-6(12)10-8(16)7(15)9(17)11(20-10)19-5(2)14/h6-11,15-17H,3H2,1-2H3/t6-,7?,8-,9?,10?,11+/m0/s1. The minimum absolute atomic E-state index is 0.702. The van der Waals surface area contributed by atoms with Gasteiger partial charge in [-0.2, -0.15) is 0 Å². The van der Waals surface area contributed by atoms with Crippen molar-refractivity contribution in [3.8, 4) is 0 Å². The molecular formula is C11H17FO8. The topological polar surface area (TPSA) is 123 Å². The van der Waals surface area contributed by atoms with Crippen LogP contribution in [0.3, 0.4) is 0 Å². The Labute approximate surface area is 114 Å². The maximum atomic E-state index is 13.8. The summed E-state index contributed by atoms with van der Waals surface area (Å²) >= 11 is 0. The molecule has 0 aromatic heterocycles. The lowest BCUT2D eigenvalue weighted by Gasteiger charge is -2.40. The molecule has 1 rings (SSSR count). The van der Waals surface area contributed by atoms with Gasteiger partial charge in [0.2, 0.25) is 6.29 Å². The molecule has 1 aliphatic rings. The zero-order chi connectivity index (χ0) is 15.4. The first kappa shape index (κ1) is 16.8. The molecule has 6 atom stereocenters. The van der Waals surface area contributed by atoms with Gasteiger partial charge >= 0.3 is 11.9 Å². The highest BCUT2D eigenvalue weighted by atomic mass is 19.1. The second kappa shape index (κ2) is 6.93. The molecule has 0 aliphatic carbocycles. The Kier molecular flexibility index (Phi) is 5.81. The van der Waals surface area contributed by atoms with E-state index in [1.165, 1.54) is 0 Å². The number of aliphatic hydroxyl groups excluding tert-OH is 3. The predicted octanol–water partition coefficient (Wildman–Crippen LogP) is -1.74. The quantitative estimate of drug-likeness (QED) is 0.522. The van der Waals surface area contributed by atoms with Crippen LogP contribution in [0.4, 0.5) is 4.39 Å². The molecule has 1 fully saturated rings. The predicted molar refractivity (Wildman–Crippen MR) is 60.0 cm³/mol. The van der Waals surface area contributed by atoms with E-state index in [1.807, 2.05) is 0 Å². The summed E-state index contributed by atoms with van der Waals surface area (Å²) < 4.78 is 27.7. The molecule has 1 saturated heterocycles. The van der Waals surface area contributed by atoms with Gasteiger partial charge in [-0.1, -0.05) is 0 Å². The average Bonchev–Trinajstić information content (AvgIpc) is 2.36. The number of esters is 2. The van der Waals surface area contributed by atoms with Gasteiger partial charge < -0.3 is 29.5 Å². The summed E-state index contributed by atoms with van der Waals surface area (Å²) in [4.78, 5) is 21.4. The highest BCUT2D eigenvalue weighted by molar-refractivity contribution is 5.66. The third-order valence-electron chi connectivity index (χ3n) is 2.69. The van der Waals surface area contributed by atoms with Crippen molar-refractivity contribution in [2.75, 3.05) is 6.61 Å². The number of aliphatic hydroxyl groups is 3. The lowest BCUT2D eigenvalue weighted by atomic mass is 9.96. The third-order valence-corrected chi connectivity index (χ3v) is 2.69. The molecule has 0 spiro atoms. The number of carbonyl (C=O) groups is 2. The van der Waals surface area contributed by atoms with E-state index in [4.69, 9.17) is 4.74 Å². The van der Waals surface area contributed by atoms with Gasteiger partial charge in [0.1, 0.15) is 31.0 Å². The molecule has 1 heterocycles. The number of ether oxygens (including phenoxy) is 3. The van der Waals surface area contributed by atoms with Crippen LogP contribution in [0.25, 0.3) is 0 Å². The molecule has 3 unspecified atom stereocenters. The lowest BCUT2D eigenvalue weighted by Crippen LogP contribution is -2.61. The molecule has 0 aromatic rings. The van der Waals surface area contributed by atoms with Gasteiger partial charge in [0.25, 0.3) is 0 Å². The Bertz CT molecular complexity index is 362. The van der Waals surface area contributed by atoms with Crippen molar-refractivity contribution < 1.29 is 43.5 Å². The minimum Gasteiger partial charge on any atom is -0.463 e. The Balaban J connectivity index is 2.73. The SMILES string of the molecule is CC(=O)OC[C@H](F)C1O[C@@H](OC(C)=O)C(O)C(O)[C@@H]1O. The second-order valence-corrected chi connectivity index (χ2v) is 4.37. The summed E-state index contributed by atoms with van der Waals surface area (Å²) in [5, 5.41) is 28.8. The van der Waals surface area contributed by atoms with Crippen molar-refractivity contribution in [2.24, 2.45) is 0 Å². The Morgan fingerprint density at radius 2 is 1.75 bits per heavy atom. The molecule has 0 radical (unpaired) electrons. The summed E-state index contributed by atoms with van der Waals surface area (Å²) in [6.45, 7) is 1.41. The summed E-state index contributed by atoms with van der Waals surface area (Å²) in [7, 11) is 0. The molecule has 0 bridgehead atoms. The van der Waals surface area contributed by atoms with Crippen molar-refractivity contribution in [1.29, 1.82) is 0 Å². The van der Waals surface area contributed by atoms with Crippen LogP contribution in [0.2, 0.25) is 0 Å². The number of halogens is 1. The van der Waals surface area contributed by atoms with Crippen molar-refractivity contribution in [2.45, 2.75) is 50.7 Å². The van der Waals surface area contributed by atoms with Gasteiger partial charge in [-0.15, -0.1) is 0 Å². The summed E-state index contributed by atoms with van der Waals surface area (Å²) in [6.07, 6.45) is -10.4. The van der Waals surface area contributed by atoms with Crippen molar-refractivity contribution in [1.82, 2.24) is 0 Å². The van der Waals surface area contributed by atoms with Gasteiger partial charge in [0.05, 0.1) is 0 Å². The van der Waals surface area contributed by atoms with Gasteiger partial charge in [-0.05, 0) is 0 Å². The molecule has 0 amide bonds. The van der Waals surface area contributed by atoms with Crippen LogP contribution in [0.1, 0.15) is 13.8 Å². The fourth-order valence-electron chi connectivity index (χ4n) is 1.73. The Morgan fingerprint density at radius 1 is 1.15 bits per heavy atom. The van der Waals surface area contributed by atoms with Gasteiger partial charge in [0.15, 0.2) is 6.17 Å². The van der Waals surface area contributed by atoms with Gasteiger partial charge in [-0.25, -0.2) is 4.39 Å². The highest BCUT2D eigenvalue weighted by Gasteiger charge is 2.48. The molecular weight excluding hydrogens is 279 g/mol. The van der Waals surface area contributed by atoms with E-state index in [9.17, 15) is 29.3 Å². The van der Waals surface area contributed by atoms with Gasteiger partial charge in [-0.3, -0.25) is 9.59 Å². The van der Waals surface area contributed by atoms with E-state index in [1.54, 1.807) is 0 Å². The highest BCUT2D eigenvalue weighted by Crippen LogP contribution is 2.25. The average molecular weight is 296 g/mol. The molecule has 116 valence electrons. The number of rotatable bonds is 4. The van der Waals surface area contributed by atoms with Crippen molar-refractivity contribution in [3.05, 3.63) is 0 Å². The molecule has 9 heteroatoms. The second-order valence-electron chi connectivity index (χ2n) is 4.37. The zero-order valence-corrected chi connectivity index (χ0v) is 10.9.